The molecule has 2 rings (SSSR count). The van der Waals surface area contributed by atoms with Crippen LogP contribution in [-0.2, 0) is 4.79 Å². The first-order valence-electron chi connectivity index (χ1n) is 6.87. The number of hydrogen-bond acceptors (Lipinski definition) is 3. The molecule has 0 aliphatic heterocycles. The Morgan fingerprint density at radius 3 is 2.74 bits per heavy atom. The molecule has 1 aromatic carbocycles. The number of nitrogens with two attached hydrogens (primary N) is 1. The summed E-state index contributed by atoms with van der Waals surface area (Å²) in [7, 11) is 0. The zero-order valence-electron chi connectivity index (χ0n) is 11.4. The van der Waals surface area contributed by atoms with Gasteiger partial charge in [0, 0.05) is 12.0 Å². The average molecular weight is 262 g/mol. The van der Waals surface area contributed by atoms with Gasteiger partial charge < -0.3 is 16.2 Å². The SMILES string of the molecule is Cc1cccc(NC(=O)CC2(N)CCCCC2)c1O. The molecule has 4 N–H and O–H groups in total. The molecule has 19 heavy (non-hydrogen) atoms. The topological polar surface area (TPSA) is 75.4 Å². The van der Waals surface area contributed by atoms with E-state index in [1.54, 1.807) is 19.1 Å². The first kappa shape index (κ1) is 13.9. The Bertz CT molecular complexity index is 465. The van der Waals surface area contributed by atoms with E-state index < -0.39 is 0 Å². The molecule has 104 valence electrons. The van der Waals surface area contributed by atoms with Crippen molar-refractivity contribution in [2.45, 2.75) is 51.0 Å². The van der Waals surface area contributed by atoms with Crippen LogP contribution in [0.3, 0.4) is 0 Å². The molecule has 0 aromatic heterocycles. The molecule has 0 heterocycles. The molecule has 0 atom stereocenters. The number of rotatable bonds is 3. The van der Waals surface area contributed by atoms with Gasteiger partial charge in [-0.05, 0) is 31.4 Å². The van der Waals surface area contributed by atoms with Crippen molar-refractivity contribution < 1.29 is 9.90 Å². The van der Waals surface area contributed by atoms with E-state index in [2.05, 4.69) is 5.32 Å². The Balaban J connectivity index is 1.99. The van der Waals surface area contributed by atoms with Crippen molar-refractivity contribution in [2.75, 3.05) is 5.32 Å². The van der Waals surface area contributed by atoms with Crippen LogP contribution >= 0.6 is 0 Å². The van der Waals surface area contributed by atoms with Crippen LogP contribution in [0.2, 0.25) is 0 Å². The highest BCUT2D eigenvalue weighted by Gasteiger charge is 2.30. The number of hydrogen-bond donors (Lipinski definition) is 3. The number of amides is 1. The number of anilines is 1. The summed E-state index contributed by atoms with van der Waals surface area (Å²) in [6.45, 7) is 1.80. The molecule has 1 aromatic rings. The number of carbonyl (C=O) groups is 1. The molecule has 0 unspecified atom stereocenters. The lowest BCUT2D eigenvalue weighted by Gasteiger charge is -2.32. The molecule has 1 aliphatic rings. The van der Waals surface area contributed by atoms with Gasteiger partial charge in [0.2, 0.25) is 5.91 Å². The summed E-state index contributed by atoms with van der Waals surface area (Å²) in [6.07, 6.45) is 5.53. The number of benzene rings is 1. The minimum absolute atomic E-state index is 0.120. The standard InChI is InChI=1S/C15H22N2O2/c1-11-6-5-7-12(14(11)19)17-13(18)10-15(16)8-3-2-4-9-15/h5-7,19H,2-4,8-10,16H2,1H3,(H,17,18). The minimum atomic E-state index is -0.373. The van der Waals surface area contributed by atoms with Gasteiger partial charge in [-0.1, -0.05) is 31.4 Å². The molecular weight excluding hydrogens is 240 g/mol. The van der Waals surface area contributed by atoms with Gasteiger partial charge in [0.15, 0.2) is 0 Å². The van der Waals surface area contributed by atoms with Crippen molar-refractivity contribution in [1.29, 1.82) is 0 Å². The van der Waals surface area contributed by atoms with Gasteiger partial charge in [0.25, 0.3) is 0 Å². The van der Waals surface area contributed by atoms with E-state index in [4.69, 9.17) is 5.73 Å². The number of phenols is 1. The second kappa shape index (κ2) is 5.61. The molecule has 0 radical (unpaired) electrons. The van der Waals surface area contributed by atoms with Gasteiger partial charge in [-0.25, -0.2) is 0 Å². The van der Waals surface area contributed by atoms with E-state index in [1.807, 2.05) is 6.07 Å². The Morgan fingerprint density at radius 2 is 2.05 bits per heavy atom. The molecule has 4 nitrogen and oxygen atoms in total. The number of para-hydroxylation sites is 1. The molecule has 4 heteroatoms. The summed E-state index contributed by atoms with van der Waals surface area (Å²) in [6, 6.07) is 5.31. The Kier molecular flexibility index (Phi) is 4.10. The normalized spacial score (nSPS) is 18.0. The maximum absolute atomic E-state index is 12.0. The summed E-state index contributed by atoms with van der Waals surface area (Å²) in [5.41, 5.74) is 7.10. The van der Waals surface area contributed by atoms with Crippen LogP contribution in [0.1, 0.15) is 44.1 Å². The number of carbonyl (C=O) groups excluding carboxylic acids is 1. The predicted molar refractivity (Wildman–Crippen MR) is 76.1 cm³/mol. The second-order valence-corrected chi connectivity index (χ2v) is 5.62. The summed E-state index contributed by atoms with van der Waals surface area (Å²) < 4.78 is 0. The lowest BCUT2D eigenvalue weighted by atomic mass is 9.80. The molecule has 0 saturated heterocycles. The van der Waals surface area contributed by atoms with E-state index in [0.717, 1.165) is 31.2 Å². The van der Waals surface area contributed by atoms with Crippen LogP contribution in [0, 0.1) is 6.92 Å². The van der Waals surface area contributed by atoms with Crippen LogP contribution in [0.25, 0.3) is 0 Å². The third kappa shape index (κ3) is 3.47. The first-order valence-corrected chi connectivity index (χ1v) is 6.87. The van der Waals surface area contributed by atoms with Crippen LogP contribution in [0.15, 0.2) is 18.2 Å². The zero-order valence-corrected chi connectivity index (χ0v) is 11.4. The zero-order chi connectivity index (χ0) is 13.9. The monoisotopic (exact) mass is 262 g/mol. The Morgan fingerprint density at radius 1 is 1.37 bits per heavy atom. The highest BCUT2D eigenvalue weighted by molar-refractivity contribution is 5.93. The highest BCUT2D eigenvalue weighted by Crippen LogP contribution is 2.30. The van der Waals surface area contributed by atoms with Gasteiger partial charge in [-0.3, -0.25) is 4.79 Å². The van der Waals surface area contributed by atoms with Gasteiger partial charge in [-0.15, -0.1) is 0 Å². The van der Waals surface area contributed by atoms with Crippen LogP contribution in [0.4, 0.5) is 5.69 Å². The number of aryl methyl sites for hydroxylation is 1. The van der Waals surface area contributed by atoms with Gasteiger partial charge >= 0.3 is 0 Å². The molecule has 1 fully saturated rings. The van der Waals surface area contributed by atoms with E-state index in [9.17, 15) is 9.90 Å². The van der Waals surface area contributed by atoms with Crippen molar-refractivity contribution in [3.05, 3.63) is 23.8 Å². The molecular formula is C15H22N2O2. The molecule has 1 amide bonds. The first-order chi connectivity index (χ1) is 9.00. The number of phenolic OH excluding ortho intramolecular Hbond substituents is 1. The molecule has 0 spiro atoms. The summed E-state index contributed by atoms with van der Waals surface area (Å²) in [5.74, 6) is 0.0101. The summed E-state index contributed by atoms with van der Waals surface area (Å²) in [4.78, 5) is 12.0. The summed E-state index contributed by atoms with van der Waals surface area (Å²) >= 11 is 0. The number of nitrogens with one attached hydrogen (secondary N) is 1. The smallest absolute Gasteiger partial charge is 0.226 e. The van der Waals surface area contributed by atoms with Crippen molar-refractivity contribution in [2.24, 2.45) is 5.73 Å². The maximum atomic E-state index is 12.0. The van der Waals surface area contributed by atoms with Gasteiger partial charge in [0.05, 0.1) is 5.69 Å². The van der Waals surface area contributed by atoms with Crippen LogP contribution in [0.5, 0.6) is 5.75 Å². The fourth-order valence-electron chi connectivity index (χ4n) is 2.71. The van der Waals surface area contributed by atoms with Gasteiger partial charge in [-0.2, -0.15) is 0 Å². The molecule has 1 aliphatic carbocycles. The average Bonchev–Trinajstić information content (AvgIpc) is 2.35. The fourth-order valence-corrected chi connectivity index (χ4v) is 2.71. The van der Waals surface area contributed by atoms with E-state index in [1.165, 1.54) is 6.42 Å². The molecule has 1 saturated carbocycles. The van der Waals surface area contributed by atoms with Crippen molar-refractivity contribution in [3.8, 4) is 5.75 Å². The number of aromatic hydroxyl groups is 1. The lowest BCUT2D eigenvalue weighted by molar-refractivity contribution is -0.117. The van der Waals surface area contributed by atoms with E-state index in [0.29, 0.717) is 12.1 Å². The van der Waals surface area contributed by atoms with E-state index >= 15 is 0 Å². The Hall–Kier alpha value is -1.55. The third-order valence-corrected chi connectivity index (χ3v) is 3.87. The van der Waals surface area contributed by atoms with Crippen molar-refractivity contribution >= 4 is 11.6 Å². The minimum Gasteiger partial charge on any atom is -0.505 e. The van der Waals surface area contributed by atoms with E-state index in [-0.39, 0.29) is 17.2 Å². The summed E-state index contributed by atoms with van der Waals surface area (Å²) in [5, 5.41) is 12.6. The lowest BCUT2D eigenvalue weighted by Crippen LogP contribution is -2.44. The van der Waals surface area contributed by atoms with Gasteiger partial charge in [0.1, 0.15) is 5.75 Å². The largest absolute Gasteiger partial charge is 0.505 e. The fraction of sp³-hybridized carbons (Fsp3) is 0.533. The predicted octanol–water partition coefficient (Wildman–Crippen LogP) is 2.69. The quantitative estimate of drug-likeness (QED) is 0.733. The maximum Gasteiger partial charge on any atom is 0.226 e. The second-order valence-electron chi connectivity index (χ2n) is 5.62. The van der Waals surface area contributed by atoms with Crippen molar-refractivity contribution in [3.63, 3.8) is 0 Å². The highest BCUT2D eigenvalue weighted by atomic mass is 16.3. The molecule has 0 bridgehead atoms. The van der Waals surface area contributed by atoms with Crippen LogP contribution < -0.4 is 11.1 Å². The Labute approximate surface area is 114 Å². The van der Waals surface area contributed by atoms with Crippen LogP contribution in [-0.4, -0.2) is 16.6 Å². The van der Waals surface area contributed by atoms with Crippen molar-refractivity contribution in [1.82, 2.24) is 0 Å². The third-order valence-electron chi connectivity index (χ3n) is 3.87.